The lowest BCUT2D eigenvalue weighted by Gasteiger charge is -2.25. The molecule has 0 unspecified atom stereocenters. The summed E-state index contributed by atoms with van der Waals surface area (Å²) < 4.78 is 5.08. The van der Waals surface area contributed by atoms with Crippen molar-refractivity contribution in [1.82, 2.24) is 10.2 Å². The van der Waals surface area contributed by atoms with Gasteiger partial charge in [-0.2, -0.15) is 0 Å². The zero-order valence-corrected chi connectivity index (χ0v) is 12.6. The number of benzene rings is 1. The number of methoxy groups -OCH3 is 1. The predicted molar refractivity (Wildman–Crippen MR) is 78.3 cm³/mol. The van der Waals surface area contributed by atoms with Crippen LogP contribution in [-0.2, 0) is 17.9 Å². The highest BCUT2D eigenvalue weighted by Crippen LogP contribution is 2.07. The molecule has 0 saturated heterocycles. The van der Waals surface area contributed by atoms with E-state index in [1.54, 1.807) is 28.0 Å². The molecule has 112 valence electrons. The van der Waals surface area contributed by atoms with Crippen LogP contribution in [0.15, 0.2) is 24.3 Å². The second kappa shape index (κ2) is 7.26. The highest BCUT2D eigenvalue weighted by atomic mass is 16.5. The Morgan fingerprint density at radius 3 is 2.65 bits per heavy atom. The highest BCUT2D eigenvalue weighted by Gasteiger charge is 2.18. The molecule has 0 heterocycles. The van der Waals surface area contributed by atoms with Gasteiger partial charge in [0.25, 0.3) is 0 Å². The van der Waals surface area contributed by atoms with E-state index < -0.39 is 5.60 Å². The van der Waals surface area contributed by atoms with Gasteiger partial charge in [0.1, 0.15) is 0 Å². The average Bonchev–Trinajstić information content (AvgIpc) is 2.35. The van der Waals surface area contributed by atoms with E-state index in [0.29, 0.717) is 13.2 Å². The normalized spacial score (nSPS) is 11.2. The highest BCUT2D eigenvalue weighted by molar-refractivity contribution is 5.73. The summed E-state index contributed by atoms with van der Waals surface area (Å²) in [6, 6.07) is 7.67. The number of hydrogen-bond donors (Lipinski definition) is 2. The molecular formula is C15H24N2O3. The zero-order chi connectivity index (χ0) is 15.2. The molecule has 0 aliphatic carbocycles. The molecule has 0 bridgehead atoms. The van der Waals surface area contributed by atoms with Gasteiger partial charge in [-0.3, -0.25) is 0 Å². The van der Waals surface area contributed by atoms with Crippen LogP contribution in [0.3, 0.4) is 0 Å². The smallest absolute Gasteiger partial charge is 0.317 e. The molecule has 2 N–H and O–H groups in total. The van der Waals surface area contributed by atoms with Gasteiger partial charge in [-0.25, -0.2) is 4.79 Å². The second-order valence-corrected chi connectivity index (χ2v) is 5.58. The molecule has 0 radical (unpaired) electrons. The predicted octanol–water partition coefficient (Wildman–Crippen LogP) is 1.75. The Hall–Kier alpha value is -1.59. The molecule has 1 aromatic carbocycles. The van der Waals surface area contributed by atoms with Crippen molar-refractivity contribution in [2.45, 2.75) is 32.6 Å². The van der Waals surface area contributed by atoms with Crippen LogP contribution < -0.4 is 5.32 Å². The first-order chi connectivity index (χ1) is 9.31. The number of nitrogens with zero attached hydrogens (tertiary/aromatic N) is 1. The molecule has 20 heavy (non-hydrogen) atoms. The van der Waals surface area contributed by atoms with Crippen molar-refractivity contribution < 1.29 is 14.6 Å². The van der Waals surface area contributed by atoms with E-state index in [0.717, 1.165) is 11.1 Å². The molecule has 5 nitrogen and oxygen atoms in total. The first-order valence-electron chi connectivity index (χ1n) is 6.60. The Bertz CT molecular complexity index is 441. The Morgan fingerprint density at radius 1 is 1.40 bits per heavy atom. The van der Waals surface area contributed by atoms with Crippen LogP contribution in [0.4, 0.5) is 4.79 Å². The molecule has 0 aliphatic heterocycles. The van der Waals surface area contributed by atoms with Crippen LogP contribution in [0.25, 0.3) is 0 Å². The minimum absolute atomic E-state index is 0.204. The summed E-state index contributed by atoms with van der Waals surface area (Å²) in [5.41, 5.74) is 1.19. The fourth-order valence-electron chi connectivity index (χ4n) is 1.96. The quantitative estimate of drug-likeness (QED) is 0.834. The van der Waals surface area contributed by atoms with Gasteiger partial charge in [-0.1, -0.05) is 24.3 Å². The van der Waals surface area contributed by atoms with Gasteiger partial charge in [0.2, 0.25) is 0 Å². The van der Waals surface area contributed by atoms with E-state index >= 15 is 0 Å². The summed E-state index contributed by atoms with van der Waals surface area (Å²) in [4.78, 5) is 13.4. The summed E-state index contributed by atoms with van der Waals surface area (Å²) in [7, 11) is 3.31. The molecule has 5 heteroatoms. The molecule has 1 rings (SSSR count). The molecule has 0 aliphatic rings. The first-order valence-corrected chi connectivity index (χ1v) is 6.60. The van der Waals surface area contributed by atoms with Crippen molar-refractivity contribution in [2.24, 2.45) is 0 Å². The third-order valence-electron chi connectivity index (χ3n) is 2.72. The fourth-order valence-corrected chi connectivity index (χ4v) is 1.96. The number of likely N-dealkylation sites (N-methyl/N-ethyl adjacent to an activating group) is 1. The van der Waals surface area contributed by atoms with Crippen molar-refractivity contribution in [3.63, 3.8) is 0 Å². The van der Waals surface area contributed by atoms with Gasteiger partial charge in [-0.05, 0) is 25.0 Å². The number of ether oxygens (including phenoxy) is 1. The van der Waals surface area contributed by atoms with Crippen LogP contribution in [-0.4, -0.2) is 42.3 Å². The number of amides is 2. The van der Waals surface area contributed by atoms with Gasteiger partial charge in [-0.15, -0.1) is 0 Å². The number of carbonyl (C=O) groups is 1. The van der Waals surface area contributed by atoms with Crippen LogP contribution >= 0.6 is 0 Å². The molecule has 2 amide bonds. The van der Waals surface area contributed by atoms with Crippen molar-refractivity contribution in [2.75, 3.05) is 20.7 Å². The molecule has 0 aromatic heterocycles. The number of urea groups is 1. The van der Waals surface area contributed by atoms with E-state index in [4.69, 9.17) is 4.74 Å². The summed E-state index contributed by atoms with van der Waals surface area (Å²) in [5, 5.41) is 12.5. The fraction of sp³-hybridized carbons (Fsp3) is 0.533. The molecule has 0 spiro atoms. The number of rotatable bonds is 6. The van der Waals surface area contributed by atoms with E-state index in [1.807, 2.05) is 24.3 Å². The minimum Gasteiger partial charge on any atom is -0.389 e. The van der Waals surface area contributed by atoms with E-state index in [2.05, 4.69) is 5.32 Å². The lowest BCUT2D eigenvalue weighted by molar-refractivity contribution is 0.0531. The van der Waals surface area contributed by atoms with E-state index in [-0.39, 0.29) is 12.6 Å². The Balaban J connectivity index is 2.50. The molecular weight excluding hydrogens is 256 g/mol. The summed E-state index contributed by atoms with van der Waals surface area (Å²) in [6.07, 6.45) is 0. The molecule has 0 saturated carbocycles. The van der Waals surface area contributed by atoms with Crippen LogP contribution in [0, 0.1) is 0 Å². The second-order valence-electron chi connectivity index (χ2n) is 5.58. The molecule has 0 atom stereocenters. The first kappa shape index (κ1) is 16.5. The summed E-state index contributed by atoms with van der Waals surface area (Å²) in [5.74, 6) is 0. The average molecular weight is 280 g/mol. The standard InChI is InChI=1S/C15H24N2O3/c1-15(2,19)11-17(3)14(18)16-9-12-6-5-7-13(8-12)10-20-4/h5-8,19H,9-11H2,1-4H3,(H,16,18). The Morgan fingerprint density at radius 2 is 2.05 bits per heavy atom. The monoisotopic (exact) mass is 280 g/mol. The topological polar surface area (TPSA) is 61.8 Å². The van der Waals surface area contributed by atoms with Gasteiger partial charge < -0.3 is 20.1 Å². The van der Waals surface area contributed by atoms with E-state index in [1.165, 1.54) is 4.90 Å². The van der Waals surface area contributed by atoms with Gasteiger partial charge in [0, 0.05) is 20.7 Å². The van der Waals surface area contributed by atoms with Crippen molar-refractivity contribution >= 4 is 6.03 Å². The van der Waals surface area contributed by atoms with Crippen molar-refractivity contribution in [1.29, 1.82) is 0 Å². The lowest BCUT2D eigenvalue weighted by Crippen LogP contribution is -2.44. The third kappa shape index (κ3) is 6.04. The maximum Gasteiger partial charge on any atom is 0.317 e. The lowest BCUT2D eigenvalue weighted by atomic mass is 10.1. The number of nitrogens with one attached hydrogen (secondary N) is 1. The number of aliphatic hydroxyl groups is 1. The maximum atomic E-state index is 11.9. The van der Waals surface area contributed by atoms with Gasteiger partial charge in [0.05, 0.1) is 18.8 Å². The van der Waals surface area contributed by atoms with Gasteiger partial charge >= 0.3 is 6.03 Å². The molecule has 0 fully saturated rings. The largest absolute Gasteiger partial charge is 0.389 e. The van der Waals surface area contributed by atoms with Crippen LogP contribution in [0.5, 0.6) is 0 Å². The SMILES string of the molecule is COCc1cccc(CNC(=O)N(C)CC(C)(C)O)c1. The number of carbonyl (C=O) groups excluding carboxylic acids is 1. The Kier molecular flexibility index (Phi) is 5.98. The van der Waals surface area contributed by atoms with Crippen molar-refractivity contribution in [3.8, 4) is 0 Å². The third-order valence-corrected chi connectivity index (χ3v) is 2.72. The Labute approximate surface area is 120 Å². The van der Waals surface area contributed by atoms with Gasteiger partial charge in [0.15, 0.2) is 0 Å². The minimum atomic E-state index is -0.898. The van der Waals surface area contributed by atoms with Crippen LogP contribution in [0.1, 0.15) is 25.0 Å². The molecule has 1 aromatic rings. The van der Waals surface area contributed by atoms with Crippen molar-refractivity contribution in [3.05, 3.63) is 35.4 Å². The number of hydrogen-bond acceptors (Lipinski definition) is 3. The summed E-state index contributed by atoms with van der Waals surface area (Å²) >= 11 is 0. The zero-order valence-electron chi connectivity index (χ0n) is 12.6. The maximum absolute atomic E-state index is 11.9. The van der Waals surface area contributed by atoms with Crippen LogP contribution in [0.2, 0.25) is 0 Å². The summed E-state index contributed by atoms with van der Waals surface area (Å²) in [6.45, 7) is 4.63. The van der Waals surface area contributed by atoms with E-state index in [9.17, 15) is 9.90 Å².